The fourth-order valence-corrected chi connectivity index (χ4v) is 2.78. The predicted octanol–water partition coefficient (Wildman–Crippen LogP) is 3.09. The topological polar surface area (TPSA) is 70.3 Å². The number of quaternary nitrogens is 1. The van der Waals surface area contributed by atoms with Gasteiger partial charge < -0.3 is 5.11 Å². The van der Waals surface area contributed by atoms with Crippen molar-refractivity contribution in [3.05, 3.63) is 52.8 Å². The van der Waals surface area contributed by atoms with E-state index in [4.69, 9.17) is 0 Å². The molecule has 1 aromatic carbocycles. The van der Waals surface area contributed by atoms with E-state index < -0.39 is 10.7 Å². The van der Waals surface area contributed by atoms with Crippen LogP contribution in [0.1, 0.15) is 0 Å². The molecule has 0 aliphatic carbocycles. The maximum absolute atomic E-state index is 12.1. The molecule has 1 amide bonds. The summed E-state index contributed by atoms with van der Waals surface area (Å²) in [4.78, 5) is 28.1. The Hall–Kier alpha value is -2.25. The Morgan fingerprint density at radius 2 is 2.10 bits per heavy atom. The van der Waals surface area contributed by atoms with Gasteiger partial charge in [-0.2, -0.15) is 9.78 Å². The zero-order valence-corrected chi connectivity index (χ0v) is 11.2. The third kappa shape index (κ3) is 1.79. The molecule has 0 saturated carbocycles. The molecule has 1 aliphatic rings. The van der Waals surface area contributed by atoms with Gasteiger partial charge in [-0.05, 0) is 18.2 Å². The quantitative estimate of drug-likeness (QED) is 0.496. The number of amides is 1. The van der Waals surface area contributed by atoms with Crippen molar-refractivity contribution in [1.82, 2.24) is 9.58 Å². The van der Waals surface area contributed by atoms with Crippen molar-refractivity contribution in [3.8, 4) is 0 Å². The van der Waals surface area contributed by atoms with Crippen LogP contribution in [0.3, 0.4) is 0 Å². The fourth-order valence-electron chi connectivity index (χ4n) is 2.12. The van der Waals surface area contributed by atoms with Gasteiger partial charge in [0.05, 0.1) is 10.9 Å². The van der Waals surface area contributed by atoms with Crippen LogP contribution in [0, 0.1) is 4.91 Å². The van der Waals surface area contributed by atoms with Gasteiger partial charge in [0, 0.05) is 11.5 Å². The molecule has 6 nitrogen and oxygen atoms in total. The number of hydrogen-bond donors (Lipinski definition) is 1. The second-order valence-electron chi connectivity index (χ2n) is 4.31. The minimum atomic E-state index is -1.25. The molecule has 0 radical (unpaired) electrons. The summed E-state index contributed by atoms with van der Waals surface area (Å²) in [5.74, 6) is 0.197. The molecule has 100 valence electrons. The van der Waals surface area contributed by atoms with Crippen LogP contribution in [0.2, 0.25) is 0 Å². The van der Waals surface area contributed by atoms with E-state index >= 15 is 0 Å². The second kappa shape index (κ2) is 4.69. The van der Waals surface area contributed by atoms with E-state index in [9.17, 15) is 14.8 Å². The van der Waals surface area contributed by atoms with Crippen LogP contribution in [0.4, 0.5) is 10.6 Å². The number of para-hydroxylation sites is 1. The third-order valence-electron chi connectivity index (χ3n) is 3.17. The highest BCUT2D eigenvalue weighted by Crippen LogP contribution is 2.30. The molecule has 20 heavy (non-hydrogen) atoms. The zero-order chi connectivity index (χ0) is 14.2. The van der Waals surface area contributed by atoms with E-state index in [1.165, 1.54) is 0 Å². The summed E-state index contributed by atoms with van der Waals surface area (Å²) in [7, 11) is 0. The molecule has 0 fully saturated rings. The van der Waals surface area contributed by atoms with Crippen molar-refractivity contribution < 1.29 is 14.2 Å². The van der Waals surface area contributed by atoms with Crippen LogP contribution in [-0.2, 0) is 0 Å². The van der Waals surface area contributed by atoms with Crippen LogP contribution in [0.15, 0.2) is 47.9 Å². The Morgan fingerprint density at radius 1 is 1.30 bits per heavy atom. The van der Waals surface area contributed by atoms with Gasteiger partial charge in [0.25, 0.3) is 4.27 Å². The minimum Gasteiger partial charge on any atom is -0.431 e. The summed E-state index contributed by atoms with van der Waals surface area (Å²) >= 11 is 0.802. The first-order valence-corrected chi connectivity index (χ1v) is 6.76. The zero-order valence-electron chi connectivity index (χ0n) is 10.3. The highest BCUT2D eigenvalue weighted by Gasteiger charge is 2.58. The molecule has 0 bridgehead atoms. The number of fused-ring (bicyclic) bond motifs is 1. The Labute approximate surface area is 118 Å². The lowest BCUT2D eigenvalue weighted by Crippen LogP contribution is -2.59. The summed E-state index contributed by atoms with van der Waals surface area (Å²) in [6.45, 7) is 0.0389. The van der Waals surface area contributed by atoms with Crippen LogP contribution >= 0.6 is 11.9 Å². The lowest BCUT2D eigenvalue weighted by molar-refractivity contribution is -0.533. The maximum Gasteiger partial charge on any atom is 0.584 e. The maximum atomic E-state index is 12.1. The molecule has 1 unspecified atom stereocenters. The van der Waals surface area contributed by atoms with Crippen LogP contribution in [0.5, 0.6) is 0 Å². The lowest BCUT2D eigenvalue weighted by atomic mass is 10.2. The summed E-state index contributed by atoms with van der Waals surface area (Å²) in [5, 5.41) is 12.0. The van der Waals surface area contributed by atoms with Gasteiger partial charge in [-0.15, -0.1) is 0 Å². The minimum absolute atomic E-state index is 0.0389. The van der Waals surface area contributed by atoms with Gasteiger partial charge in [-0.3, -0.25) is 0 Å². The average molecular weight is 289 g/mol. The van der Waals surface area contributed by atoms with E-state index in [-0.39, 0.29) is 12.4 Å². The number of hydrogen-bond acceptors (Lipinski definition) is 4. The average Bonchev–Trinajstić information content (AvgIpc) is 2.47. The first kappa shape index (κ1) is 12.8. The number of rotatable bonds is 1. The predicted molar refractivity (Wildman–Crippen MR) is 76.8 cm³/mol. The van der Waals surface area contributed by atoms with Gasteiger partial charge in [-0.1, -0.05) is 18.2 Å². The summed E-state index contributed by atoms with van der Waals surface area (Å²) in [6.07, 6.45) is 0.406. The van der Waals surface area contributed by atoms with Crippen LogP contribution in [-0.4, -0.2) is 27.0 Å². The van der Waals surface area contributed by atoms with Crippen molar-refractivity contribution in [1.29, 1.82) is 0 Å². The Bertz CT molecular complexity index is 746. The molecular weight excluding hydrogens is 278 g/mol. The number of carboxylic acid groups (broad SMARTS) is 1. The van der Waals surface area contributed by atoms with Crippen molar-refractivity contribution in [2.45, 2.75) is 0 Å². The third-order valence-corrected chi connectivity index (χ3v) is 3.95. The highest BCUT2D eigenvalue weighted by molar-refractivity contribution is 7.96. The summed E-state index contributed by atoms with van der Waals surface area (Å²) < 4.78 is -0.439. The molecule has 0 saturated heterocycles. The van der Waals surface area contributed by atoms with Crippen molar-refractivity contribution in [2.75, 3.05) is 6.54 Å². The molecule has 7 heteroatoms. The normalized spacial score (nSPS) is 22.1. The Morgan fingerprint density at radius 3 is 2.85 bits per heavy atom. The second-order valence-corrected chi connectivity index (χ2v) is 5.11. The molecule has 1 atom stereocenters. The summed E-state index contributed by atoms with van der Waals surface area (Å²) in [6, 6.07) is 10.7. The summed E-state index contributed by atoms with van der Waals surface area (Å²) in [5.41, 5.74) is 0.664. The van der Waals surface area contributed by atoms with Gasteiger partial charge in [-0.25, -0.2) is 0 Å². The van der Waals surface area contributed by atoms with Crippen LogP contribution in [0.25, 0.3) is 10.9 Å². The van der Waals surface area contributed by atoms with Crippen molar-refractivity contribution >= 4 is 34.8 Å². The van der Waals surface area contributed by atoms with E-state index in [0.717, 1.165) is 17.3 Å². The van der Waals surface area contributed by atoms with E-state index in [1.54, 1.807) is 29.7 Å². The number of benzene rings is 1. The first-order valence-electron chi connectivity index (χ1n) is 5.92. The molecule has 2 heterocycles. The standard InChI is InChI=1S/C13H10N3O3S/c17-13(18)16(8-3-9-20-15(16)19)12-7-6-10-4-1-2-5-11(10)14-12/h1-7,9H,8H2/q+1/p+1. The van der Waals surface area contributed by atoms with Gasteiger partial charge in [0.15, 0.2) is 6.54 Å². The molecule has 1 N–H and O–H groups in total. The van der Waals surface area contributed by atoms with Gasteiger partial charge >= 0.3 is 23.9 Å². The Kier molecular flexibility index (Phi) is 3.00. The number of nitrogens with zero attached hydrogens (tertiary/aromatic N) is 3. The molecular formula is C13H11N3O3S+2. The highest BCUT2D eigenvalue weighted by atomic mass is 32.2. The van der Waals surface area contributed by atoms with Gasteiger partial charge in [0.1, 0.15) is 9.50 Å². The number of carbonyl (C=O) groups is 1. The first-order chi connectivity index (χ1) is 9.64. The van der Waals surface area contributed by atoms with Gasteiger partial charge in [0.2, 0.25) is 0 Å². The van der Waals surface area contributed by atoms with Crippen molar-refractivity contribution in [3.63, 3.8) is 0 Å². The van der Waals surface area contributed by atoms with E-state index in [2.05, 4.69) is 4.98 Å². The number of pyridine rings is 1. The molecule has 1 aromatic heterocycles. The molecule has 0 spiro atoms. The van der Waals surface area contributed by atoms with E-state index in [0.29, 0.717) is 9.79 Å². The largest absolute Gasteiger partial charge is 0.584 e. The fraction of sp³-hybridized carbons (Fsp3) is 0.0769. The van der Waals surface area contributed by atoms with Crippen LogP contribution < -0.4 is 4.59 Å². The Balaban J connectivity index is 2.22. The lowest BCUT2D eigenvalue weighted by Gasteiger charge is -2.18. The molecule has 1 aliphatic heterocycles. The SMILES string of the molecule is O=C(O)[N+]1(c2ccc3ccccc3n2)CC=CS[N+]1=O. The van der Waals surface area contributed by atoms with Crippen molar-refractivity contribution in [2.24, 2.45) is 0 Å². The number of nitroso groups, excluding NO2 is 1. The molecule has 3 rings (SSSR count). The van der Waals surface area contributed by atoms with E-state index in [1.807, 2.05) is 18.2 Å². The monoisotopic (exact) mass is 289 g/mol. The smallest absolute Gasteiger partial charge is 0.431 e. The number of aromatic nitrogens is 1. The molecule has 2 aromatic rings.